The molecule has 0 aliphatic carbocycles. The van der Waals surface area contributed by atoms with E-state index in [1.54, 1.807) is 0 Å². The van der Waals surface area contributed by atoms with Crippen LogP contribution in [0.1, 0.15) is 11.1 Å². The maximum absolute atomic E-state index is 13.2. The Morgan fingerprint density at radius 3 is 2.68 bits per heavy atom. The highest BCUT2D eigenvalue weighted by Gasteiger charge is 2.14. The predicted molar refractivity (Wildman–Crippen MR) is 71.6 cm³/mol. The van der Waals surface area contributed by atoms with Crippen molar-refractivity contribution in [1.29, 1.82) is 0 Å². The monoisotopic (exact) mass is 260 g/mol. The Hall–Kier alpha value is -2.43. The fourth-order valence-corrected chi connectivity index (χ4v) is 1.84. The molecule has 0 saturated carbocycles. The van der Waals surface area contributed by atoms with Crippen LogP contribution in [0, 0.1) is 22.9 Å². The summed E-state index contributed by atoms with van der Waals surface area (Å²) >= 11 is 0. The van der Waals surface area contributed by atoms with Crippen LogP contribution >= 0.6 is 0 Å². The lowest BCUT2D eigenvalue weighted by atomic mass is 10.1. The minimum atomic E-state index is -0.506. The van der Waals surface area contributed by atoms with E-state index in [-0.39, 0.29) is 12.2 Å². The van der Waals surface area contributed by atoms with Crippen LogP contribution < -0.4 is 5.32 Å². The van der Waals surface area contributed by atoms with Crippen molar-refractivity contribution in [2.24, 2.45) is 0 Å². The van der Waals surface area contributed by atoms with Gasteiger partial charge in [0.15, 0.2) is 0 Å². The number of aryl methyl sites for hydroxylation is 1. The molecule has 4 nitrogen and oxygen atoms in total. The molecule has 2 aromatic carbocycles. The third-order valence-electron chi connectivity index (χ3n) is 2.85. The van der Waals surface area contributed by atoms with Gasteiger partial charge in [0.1, 0.15) is 5.82 Å². The summed E-state index contributed by atoms with van der Waals surface area (Å²) in [5, 5.41) is 13.9. The topological polar surface area (TPSA) is 55.2 Å². The molecule has 1 N–H and O–H groups in total. The smallest absolute Gasteiger partial charge is 0.274 e. The molecular formula is C14H13FN2O2. The first-order valence-electron chi connectivity index (χ1n) is 5.80. The molecule has 0 heterocycles. The molecule has 0 aliphatic rings. The van der Waals surface area contributed by atoms with Gasteiger partial charge in [-0.05, 0) is 30.7 Å². The third-order valence-corrected chi connectivity index (χ3v) is 2.85. The molecule has 5 heteroatoms. The Labute approximate surface area is 110 Å². The van der Waals surface area contributed by atoms with Gasteiger partial charge in [0.05, 0.1) is 10.5 Å². The maximum Gasteiger partial charge on any atom is 0.274 e. The largest absolute Gasteiger partial charge is 0.380 e. The molecule has 19 heavy (non-hydrogen) atoms. The zero-order valence-corrected chi connectivity index (χ0v) is 10.4. The van der Waals surface area contributed by atoms with Crippen molar-refractivity contribution < 1.29 is 9.31 Å². The quantitative estimate of drug-likeness (QED) is 0.674. The molecule has 98 valence electrons. The SMILES string of the molecule is Cc1ccccc1NCc1cc(F)ccc1[N+](=O)[O-]. The number of halogens is 1. The minimum absolute atomic E-state index is 0.0810. The Bertz CT molecular complexity index is 614. The van der Waals surface area contributed by atoms with E-state index in [1.807, 2.05) is 31.2 Å². The van der Waals surface area contributed by atoms with E-state index >= 15 is 0 Å². The van der Waals surface area contributed by atoms with Gasteiger partial charge in [-0.15, -0.1) is 0 Å². The van der Waals surface area contributed by atoms with Gasteiger partial charge >= 0.3 is 0 Å². The first kappa shape index (κ1) is 13.0. The molecular weight excluding hydrogens is 247 g/mol. The highest BCUT2D eigenvalue weighted by atomic mass is 19.1. The number of hydrogen-bond donors (Lipinski definition) is 1. The van der Waals surface area contributed by atoms with E-state index in [0.717, 1.165) is 17.3 Å². The van der Waals surface area contributed by atoms with Crippen LogP contribution in [0.25, 0.3) is 0 Å². The van der Waals surface area contributed by atoms with Gasteiger partial charge in [-0.1, -0.05) is 18.2 Å². The summed E-state index contributed by atoms with van der Waals surface area (Å²) in [5.41, 5.74) is 2.15. The number of rotatable bonds is 4. The summed E-state index contributed by atoms with van der Waals surface area (Å²) in [6.45, 7) is 2.14. The molecule has 0 fully saturated rings. The van der Waals surface area contributed by atoms with E-state index < -0.39 is 10.7 Å². The molecule has 0 atom stereocenters. The van der Waals surface area contributed by atoms with Crippen molar-refractivity contribution in [2.45, 2.75) is 13.5 Å². The van der Waals surface area contributed by atoms with Crippen molar-refractivity contribution in [3.63, 3.8) is 0 Å². The second kappa shape index (κ2) is 5.48. The highest BCUT2D eigenvalue weighted by molar-refractivity contribution is 5.52. The van der Waals surface area contributed by atoms with Crippen LogP contribution in [0.2, 0.25) is 0 Å². The molecule has 0 radical (unpaired) electrons. The summed E-state index contributed by atoms with van der Waals surface area (Å²) in [4.78, 5) is 10.4. The standard InChI is InChI=1S/C14H13FN2O2/c1-10-4-2-3-5-13(10)16-9-11-8-12(15)6-7-14(11)17(18)19/h2-8,16H,9H2,1H3. The Morgan fingerprint density at radius 2 is 2.00 bits per heavy atom. The zero-order chi connectivity index (χ0) is 13.8. The fraction of sp³-hybridized carbons (Fsp3) is 0.143. The normalized spacial score (nSPS) is 10.2. The number of nitrogens with one attached hydrogen (secondary N) is 1. The molecule has 2 aromatic rings. The molecule has 0 spiro atoms. The van der Waals surface area contributed by atoms with Crippen LogP contribution in [-0.2, 0) is 6.54 Å². The molecule has 0 unspecified atom stereocenters. The van der Waals surface area contributed by atoms with Crippen molar-refractivity contribution in [2.75, 3.05) is 5.32 Å². The van der Waals surface area contributed by atoms with Crippen LogP contribution in [0.3, 0.4) is 0 Å². The van der Waals surface area contributed by atoms with Gasteiger partial charge < -0.3 is 5.32 Å². The Kier molecular flexibility index (Phi) is 3.75. The van der Waals surface area contributed by atoms with Crippen LogP contribution in [0.4, 0.5) is 15.8 Å². The van der Waals surface area contributed by atoms with Crippen molar-refractivity contribution in [1.82, 2.24) is 0 Å². The van der Waals surface area contributed by atoms with Gasteiger partial charge in [-0.2, -0.15) is 0 Å². The number of nitro groups is 1. The van der Waals surface area contributed by atoms with Crippen molar-refractivity contribution in [3.8, 4) is 0 Å². The van der Waals surface area contributed by atoms with E-state index in [2.05, 4.69) is 5.32 Å². The van der Waals surface area contributed by atoms with E-state index in [0.29, 0.717) is 5.56 Å². The average molecular weight is 260 g/mol. The summed E-state index contributed by atoms with van der Waals surface area (Å²) in [5.74, 6) is -0.479. The van der Waals surface area contributed by atoms with Crippen LogP contribution in [0.15, 0.2) is 42.5 Å². The lowest BCUT2D eigenvalue weighted by molar-refractivity contribution is -0.385. The summed E-state index contributed by atoms with van der Waals surface area (Å²) in [7, 11) is 0. The molecule has 0 aromatic heterocycles. The van der Waals surface area contributed by atoms with E-state index in [4.69, 9.17) is 0 Å². The molecule has 2 rings (SSSR count). The van der Waals surface area contributed by atoms with Crippen LogP contribution in [-0.4, -0.2) is 4.92 Å². The number of hydrogen-bond acceptors (Lipinski definition) is 3. The lowest BCUT2D eigenvalue weighted by Crippen LogP contribution is -2.04. The van der Waals surface area contributed by atoms with E-state index in [9.17, 15) is 14.5 Å². The fourth-order valence-electron chi connectivity index (χ4n) is 1.84. The van der Waals surface area contributed by atoms with Crippen LogP contribution in [0.5, 0.6) is 0 Å². The average Bonchev–Trinajstić information content (AvgIpc) is 2.37. The Morgan fingerprint density at radius 1 is 1.26 bits per heavy atom. The Balaban J connectivity index is 2.22. The summed E-state index contributed by atoms with van der Waals surface area (Å²) in [6, 6.07) is 11.0. The number of nitrogens with zero attached hydrogens (tertiary/aromatic N) is 1. The number of para-hydroxylation sites is 1. The molecule has 0 saturated heterocycles. The van der Waals surface area contributed by atoms with Crippen molar-refractivity contribution >= 4 is 11.4 Å². The number of anilines is 1. The molecule has 0 amide bonds. The minimum Gasteiger partial charge on any atom is -0.380 e. The van der Waals surface area contributed by atoms with Gasteiger partial charge in [0, 0.05) is 18.3 Å². The second-order valence-corrected chi connectivity index (χ2v) is 4.20. The molecule has 0 aliphatic heterocycles. The first-order chi connectivity index (χ1) is 9.08. The van der Waals surface area contributed by atoms with Crippen molar-refractivity contribution in [3.05, 3.63) is 69.5 Å². The summed E-state index contributed by atoms with van der Waals surface area (Å²) < 4.78 is 13.2. The maximum atomic E-state index is 13.2. The van der Waals surface area contributed by atoms with E-state index in [1.165, 1.54) is 12.1 Å². The van der Waals surface area contributed by atoms with Gasteiger partial charge in [0.25, 0.3) is 5.69 Å². The lowest BCUT2D eigenvalue weighted by Gasteiger charge is -2.09. The van der Waals surface area contributed by atoms with Gasteiger partial charge in [-0.25, -0.2) is 4.39 Å². The predicted octanol–water partition coefficient (Wildman–Crippen LogP) is 3.65. The second-order valence-electron chi connectivity index (χ2n) is 4.20. The zero-order valence-electron chi connectivity index (χ0n) is 10.4. The van der Waals surface area contributed by atoms with Gasteiger partial charge in [-0.3, -0.25) is 10.1 Å². The molecule has 0 bridgehead atoms. The first-order valence-corrected chi connectivity index (χ1v) is 5.80. The third kappa shape index (κ3) is 3.07. The highest BCUT2D eigenvalue weighted by Crippen LogP contribution is 2.22. The summed E-state index contributed by atoms with van der Waals surface area (Å²) in [6.07, 6.45) is 0. The number of nitro benzene ring substituents is 1. The van der Waals surface area contributed by atoms with Gasteiger partial charge in [0.2, 0.25) is 0 Å². The number of benzene rings is 2.